The average molecular weight is 308 g/mol. The molecule has 0 aliphatic carbocycles. The first kappa shape index (κ1) is 13.3. The van der Waals surface area contributed by atoms with Gasteiger partial charge in [-0.05, 0) is 29.8 Å². The van der Waals surface area contributed by atoms with E-state index < -0.39 is 10.1 Å². The van der Waals surface area contributed by atoms with Gasteiger partial charge in [-0.1, -0.05) is 0 Å². The van der Waals surface area contributed by atoms with Crippen molar-refractivity contribution in [2.24, 2.45) is 0 Å². The molecule has 0 unspecified atom stereocenters. The maximum atomic E-state index is 11.2. The Hall–Kier alpha value is -2.68. The summed E-state index contributed by atoms with van der Waals surface area (Å²) in [6, 6.07) is 6.22. The van der Waals surface area contributed by atoms with Crippen LogP contribution in [0.5, 0.6) is 5.75 Å². The van der Waals surface area contributed by atoms with Crippen molar-refractivity contribution >= 4 is 21.8 Å². The van der Waals surface area contributed by atoms with Gasteiger partial charge in [0.1, 0.15) is 11.6 Å². The van der Waals surface area contributed by atoms with Crippen LogP contribution in [0.2, 0.25) is 0 Å². The monoisotopic (exact) mass is 308 g/mol. The molecule has 0 saturated carbocycles. The zero-order chi connectivity index (χ0) is 15.0. The Morgan fingerprint density at radius 2 is 1.90 bits per heavy atom. The molecule has 2 aliphatic heterocycles. The van der Waals surface area contributed by atoms with E-state index in [2.05, 4.69) is 16.1 Å². The van der Waals surface area contributed by atoms with Crippen LogP contribution in [-0.2, 0) is 10.1 Å². The van der Waals surface area contributed by atoms with E-state index >= 15 is 0 Å². The molecular weight excluding hydrogens is 296 g/mol. The zero-order valence-electron chi connectivity index (χ0n) is 11.0. The molecule has 1 aromatic rings. The highest BCUT2D eigenvalue weighted by Crippen LogP contribution is 2.24. The number of hydrazine groups is 1. The molecule has 2 amide bonds. The number of nitrogens with one attached hydrogen (secondary N) is 3. The summed E-state index contributed by atoms with van der Waals surface area (Å²) >= 11 is 0. The highest BCUT2D eigenvalue weighted by atomic mass is 32.2. The van der Waals surface area contributed by atoms with Crippen molar-refractivity contribution in [1.82, 2.24) is 21.1 Å². The first-order valence-electron chi connectivity index (χ1n) is 5.96. The molecule has 0 atom stereocenters. The van der Waals surface area contributed by atoms with Crippen molar-refractivity contribution in [3.63, 3.8) is 0 Å². The molecule has 2 heterocycles. The predicted octanol–water partition coefficient (Wildman–Crippen LogP) is 0.255. The molecule has 0 radical (unpaired) electrons. The minimum Gasteiger partial charge on any atom is -0.383 e. The number of rotatable bonds is 3. The van der Waals surface area contributed by atoms with Gasteiger partial charge in [0, 0.05) is 6.20 Å². The highest BCUT2D eigenvalue weighted by Gasteiger charge is 2.23. The molecule has 0 aromatic heterocycles. The molecular formula is C12H12N4O4S. The van der Waals surface area contributed by atoms with Crippen LogP contribution in [0.4, 0.5) is 4.79 Å². The molecule has 8 nitrogen and oxygen atoms in total. The molecule has 0 spiro atoms. The Kier molecular flexibility index (Phi) is 2.98. The summed E-state index contributed by atoms with van der Waals surface area (Å²) in [6.45, 7) is 0. The van der Waals surface area contributed by atoms with E-state index in [1.54, 1.807) is 41.7 Å². The topological polar surface area (TPSA) is 99.8 Å². The van der Waals surface area contributed by atoms with Crippen LogP contribution in [-0.4, -0.2) is 25.7 Å². The van der Waals surface area contributed by atoms with Gasteiger partial charge in [0.25, 0.3) is 0 Å². The largest absolute Gasteiger partial charge is 0.383 e. The van der Waals surface area contributed by atoms with E-state index in [4.69, 9.17) is 4.18 Å². The highest BCUT2D eigenvalue weighted by molar-refractivity contribution is 7.86. The molecule has 2 aliphatic rings. The first-order valence-corrected chi connectivity index (χ1v) is 7.78. The fraction of sp³-hybridized carbons (Fsp3) is 0.0833. The summed E-state index contributed by atoms with van der Waals surface area (Å²) in [7, 11) is -3.54. The fourth-order valence-corrected chi connectivity index (χ4v) is 2.38. The Morgan fingerprint density at radius 1 is 1.19 bits per heavy atom. The van der Waals surface area contributed by atoms with Gasteiger partial charge in [-0.3, -0.25) is 0 Å². The van der Waals surface area contributed by atoms with Crippen LogP contribution in [0.25, 0.3) is 5.70 Å². The van der Waals surface area contributed by atoms with Gasteiger partial charge >= 0.3 is 16.1 Å². The molecule has 3 rings (SSSR count). The number of hydrogen-bond donors (Lipinski definition) is 3. The van der Waals surface area contributed by atoms with Gasteiger partial charge in [-0.2, -0.15) is 8.42 Å². The molecule has 0 bridgehead atoms. The molecule has 0 fully saturated rings. The quantitative estimate of drug-likeness (QED) is 0.693. The number of hydrogen-bond acceptors (Lipinski definition) is 6. The van der Waals surface area contributed by atoms with Crippen molar-refractivity contribution in [2.45, 2.75) is 0 Å². The molecule has 110 valence electrons. The molecule has 21 heavy (non-hydrogen) atoms. The summed E-state index contributed by atoms with van der Waals surface area (Å²) < 4.78 is 26.8. The second-order valence-corrected chi connectivity index (χ2v) is 6.04. The van der Waals surface area contributed by atoms with Crippen molar-refractivity contribution in [1.29, 1.82) is 0 Å². The van der Waals surface area contributed by atoms with Crippen LogP contribution in [0, 0.1) is 0 Å². The van der Waals surface area contributed by atoms with E-state index in [1.165, 1.54) is 0 Å². The van der Waals surface area contributed by atoms with Crippen LogP contribution in [0.3, 0.4) is 0 Å². The lowest BCUT2D eigenvalue weighted by atomic mass is 10.1. The fourth-order valence-electron chi connectivity index (χ4n) is 1.91. The van der Waals surface area contributed by atoms with Gasteiger partial charge in [-0.25, -0.2) is 15.2 Å². The van der Waals surface area contributed by atoms with Crippen molar-refractivity contribution in [2.75, 3.05) is 6.26 Å². The lowest BCUT2D eigenvalue weighted by Gasteiger charge is -2.22. The van der Waals surface area contributed by atoms with Crippen molar-refractivity contribution in [3.05, 3.63) is 48.0 Å². The van der Waals surface area contributed by atoms with E-state index in [-0.39, 0.29) is 11.8 Å². The standard InChI is InChI=1S/C12H12N4O4S/c1-21(18,19)20-9-4-2-8(3-5-9)10-7-16-11(14-10)6-13-12(17)15-16/h2-7,14H,1H3,(H2,13,15,17). The summed E-state index contributed by atoms with van der Waals surface area (Å²) in [4.78, 5) is 11.2. The van der Waals surface area contributed by atoms with Gasteiger partial charge in [0.15, 0.2) is 0 Å². The third-order valence-electron chi connectivity index (χ3n) is 2.76. The lowest BCUT2D eigenvalue weighted by molar-refractivity contribution is 0.218. The molecule has 0 saturated heterocycles. The van der Waals surface area contributed by atoms with E-state index in [0.29, 0.717) is 5.82 Å². The molecule has 1 aromatic carbocycles. The summed E-state index contributed by atoms with van der Waals surface area (Å²) in [6.07, 6.45) is 4.25. The predicted molar refractivity (Wildman–Crippen MR) is 74.6 cm³/mol. The number of urea groups is 1. The minimum absolute atomic E-state index is 0.242. The second kappa shape index (κ2) is 4.70. The van der Waals surface area contributed by atoms with Gasteiger partial charge in [0.05, 0.1) is 18.2 Å². The maximum Gasteiger partial charge on any atom is 0.338 e. The van der Waals surface area contributed by atoms with Crippen LogP contribution < -0.4 is 20.2 Å². The van der Waals surface area contributed by atoms with Crippen molar-refractivity contribution in [3.8, 4) is 5.75 Å². The Morgan fingerprint density at radius 3 is 2.57 bits per heavy atom. The SMILES string of the molecule is CS(=O)(=O)Oc1ccc(C2=CN3NC(=O)NC=C3N2)cc1. The number of carbonyl (C=O) groups excluding carboxylic acids is 1. The number of amides is 2. The van der Waals surface area contributed by atoms with Crippen LogP contribution in [0.1, 0.15) is 5.56 Å². The van der Waals surface area contributed by atoms with Crippen LogP contribution >= 0.6 is 0 Å². The van der Waals surface area contributed by atoms with E-state index in [1.807, 2.05) is 0 Å². The normalized spacial score (nSPS) is 17.0. The second-order valence-electron chi connectivity index (χ2n) is 4.46. The average Bonchev–Trinajstić information content (AvgIpc) is 2.80. The Labute approximate surface area is 121 Å². The number of carbonyl (C=O) groups is 1. The van der Waals surface area contributed by atoms with Crippen molar-refractivity contribution < 1.29 is 17.4 Å². The lowest BCUT2D eigenvalue weighted by Crippen LogP contribution is -2.47. The third kappa shape index (κ3) is 2.92. The number of nitrogens with zero attached hydrogens (tertiary/aromatic N) is 1. The summed E-state index contributed by atoms with van der Waals surface area (Å²) in [5.41, 5.74) is 4.17. The van der Waals surface area contributed by atoms with E-state index in [0.717, 1.165) is 17.5 Å². The summed E-state index contributed by atoms with van der Waals surface area (Å²) in [5, 5.41) is 7.18. The Balaban J connectivity index is 1.80. The number of benzene rings is 1. The molecule has 9 heteroatoms. The van der Waals surface area contributed by atoms with Gasteiger partial charge in [-0.15, -0.1) is 0 Å². The summed E-state index contributed by atoms with van der Waals surface area (Å²) in [5.74, 6) is 0.924. The zero-order valence-corrected chi connectivity index (χ0v) is 11.8. The molecule has 3 N–H and O–H groups in total. The van der Waals surface area contributed by atoms with E-state index in [9.17, 15) is 13.2 Å². The smallest absolute Gasteiger partial charge is 0.338 e. The van der Waals surface area contributed by atoms with Crippen LogP contribution in [0.15, 0.2) is 42.5 Å². The maximum absolute atomic E-state index is 11.2. The van der Waals surface area contributed by atoms with Gasteiger partial charge in [0.2, 0.25) is 0 Å². The Bertz CT molecular complexity index is 752. The van der Waals surface area contributed by atoms with Gasteiger partial charge < -0.3 is 14.8 Å². The minimum atomic E-state index is -3.54. The first-order chi connectivity index (χ1) is 9.90. The third-order valence-corrected chi connectivity index (χ3v) is 3.25. The number of fused-ring (bicyclic) bond motifs is 1.